The van der Waals surface area contributed by atoms with Gasteiger partial charge in [-0.2, -0.15) is 5.10 Å². The Kier molecular flexibility index (Phi) is 6.39. The molecule has 3 rings (SSSR count). The minimum atomic E-state index is -0.731. The standard InChI is InChI=1S/C18H22N4O3.ClH/c1-13-4-5-14(12-15(13)16(23)25-2)21-17(24)18(6-9-19-10-7-18)22-11-3-8-20-22;/h3-5,8,11-12,19H,6-7,9-10H2,1-2H3,(H,21,24);1H. The molecule has 1 saturated heterocycles. The van der Waals surface area contributed by atoms with Crippen LogP contribution in [-0.2, 0) is 15.1 Å². The molecule has 0 aliphatic carbocycles. The van der Waals surface area contributed by atoms with Crippen molar-refractivity contribution in [1.29, 1.82) is 0 Å². The summed E-state index contributed by atoms with van der Waals surface area (Å²) in [6.07, 6.45) is 4.80. The molecule has 1 aliphatic rings. The zero-order valence-electron chi connectivity index (χ0n) is 14.8. The number of piperidine rings is 1. The Morgan fingerprint density at radius 2 is 2.04 bits per heavy atom. The summed E-state index contributed by atoms with van der Waals surface area (Å²) in [6, 6.07) is 7.05. The van der Waals surface area contributed by atoms with Crippen LogP contribution in [0, 0.1) is 6.92 Å². The Morgan fingerprint density at radius 1 is 1.31 bits per heavy atom. The van der Waals surface area contributed by atoms with Crippen molar-refractivity contribution in [3.63, 3.8) is 0 Å². The summed E-state index contributed by atoms with van der Waals surface area (Å²) in [5.74, 6) is -0.547. The maximum Gasteiger partial charge on any atom is 0.338 e. The van der Waals surface area contributed by atoms with Gasteiger partial charge in [-0.3, -0.25) is 9.48 Å². The molecule has 2 heterocycles. The normalized spacial score (nSPS) is 15.6. The number of halogens is 1. The molecular weight excluding hydrogens is 356 g/mol. The molecule has 0 spiro atoms. The highest BCUT2D eigenvalue weighted by Gasteiger charge is 2.42. The molecule has 0 saturated carbocycles. The summed E-state index contributed by atoms with van der Waals surface area (Å²) >= 11 is 0. The zero-order chi connectivity index (χ0) is 17.9. The lowest BCUT2D eigenvalue weighted by Crippen LogP contribution is -2.52. The Morgan fingerprint density at radius 3 is 2.65 bits per heavy atom. The zero-order valence-corrected chi connectivity index (χ0v) is 15.6. The average molecular weight is 379 g/mol. The van der Waals surface area contributed by atoms with Crippen molar-refractivity contribution in [1.82, 2.24) is 15.1 Å². The van der Waals surface area contributed by atoms with Crippen LogP contribution >= 0.6 is 12.4 Å². The first kappa shape index (κ1) is 19.9. The fourth-order valence-electron chi connectivity index (χ4n) is 3.20. The second-order valence-electron chi connectivity index (χ2n) is 6.21. The third kappa shape index (κ3) is 3.73. The number of carbonyl (C=O) groups is 2. The number of anilines is 1. The van der Waals surface area contributed by atoms with Gasteiger partial charge in [0.05, 0.1) is 12.7 Å². The third-order valence-electron chi connectivity index (χ3n) is 4.70. The number of aryl methyl sites for hydroxylation is 1. The molecular formula is C18H23ClN4O3. The van der Waals surface area contributed by atoms with E-state index in [0.717, 1.165) is 18.7 Å². The minimum Gasteiger partial charge on any atom is -0.465 e. The molecule has 2 aromatic rings. The molecule has 0 unspecified atom stereocenters. The molecule has 140 valence electrons. The molecule has 1 aromatic carbocycles. The van der Waals surface area contributed by atoms with Crippen molar-refractivity contribution in [3.05, 3.63) is 47.8 Å². The minimum absolute atomic E-state index is 0. The van der Waals surface area contributed by atoms with Crippen LogP contribution in [0.2, 0.25) is 0 Å². The number of ether oxygens (including phenoxy) is 1. The number of esters is 1. The molecule has 0 atom stereocenters. The number of rotatable bonds is 4. The van der Waals surface area contributed by atoms with Gasteiger partial charge in [0, 0.05) is 18.1 Å². The van der Waals surface area contributed by atoms with Gasteiger partial charge in [0.1, 0.15) is 5.54 Å². The lowest BCUT2D eigenvalue weighted by molar-refractivity contribution is -0.126. The molecule has 0 radical (unpaired) electrons. The first-order valence-electron chi connectivity index (χ1n) is 8.28. The predicted molar refractivity (Wildman–Crippen MR) is 101 cm³/mol. The number of hydrogen-bond acceptors (Lipinski definition) is 5. The highest BCUT2D eigenvalue weighted by molar-refractivity contribution is 5.98. The molecule has 1 aromatic heterocycles. The van der Waals surface area contributed by atoms with Gasteiger partial charge in [-0.25, -0.2) is 4.79 Å². The number of benzene rings is 1. The van der Waals surface area contributed by atoms with Crippen molar-refractivity contribution >= 4 is 30.0 Å². The first-order chi connectivity index (χ1) is 12.1. The highest BCUT2D eigenvalue weighted by Crippen LogP contribution is 2.29. The maximum atomic E-state index is 13.1. The van der Waals surface area contributed by atoms with Crippen LogP contribution in [-0.4, -0.2) is 41.9 Å². The number of methoxy groups -OCH3 is 1. The van der Waals surface area contributed by atoms with Crippen LogP contribution in [0.15, 0.2) is 36.7 Å². The molecule has 1 amide bonds. The molecule has 1 fully saturated rings. The van der Waals surface area contributed by atoms with Crippen molar-refractivity contribution in [2.75, 3.05) is 25.5 Å². The molecule has 7 nitrogen and oxygen atoms in total. The molecule has 26 heavy (non-hydrogen) atoms. The van der Waals surface area contributed by atoms with E-state index < -0.39 is 11.5 Å². The summed E-state index contributed by atoms with van der Waals surface area (Å²) in [4.78, 5) is 25.0. The summed E-state index contributed by atoms with van der Waals surface area (Å²) in [6.45, 7) is 3.32. The largest absolute Gasteiger partial charge is 0.465 e. The van der Waals surface area contributed by atoms with Crippen LogP contribution in [0.4, 0.5) is 5.69 Å². The van der Waals surface area contributed by atoms with Gasteiger partial charge in [0.15, 0.2) is 0 Å². The second-order valence-corrected chi connectivity index (χ2v) is 6.21. The maximum absolute atomic E-state index is 13.1. The smallest absolute Gasteiger partial charge is 0.338 e. The summed E-state index contributed by atoms with van der Waals surface area (Å²) < 4.78 is 6.53. The molecule has 0 bridgehead atoms. The van der Waals surface area contributed by atoms with Crippen LogP contribution in [0.3, 0.4) is 0 Å². The second kappa shape index (κ2) is 8.33. The van der Waals surface area contributed by atoms with Crippen LogP contribution in [0.1, 0.15) is 28.8 Å². The Labute approximate surface area is 158 Å². The van der Waals surface area contributed by atoms with Gasteiger partial charge < -0.3 is 15.4 Å². The lowest BCUT2D eigenvalue weighted by atomic mass is 9.87. The summed E-state index contributed by atoms with van der Waals surface area (Å²) in [7, 11) is 1.34. The summed E-state index contributed by atoms with van der Waals surface area (Å²) in [5.41, 5.74) is 1.08. The van der Waals surface area contributed by atoms with Gasteiger partial charge >= 0.3 is 5.97 Å². The van der Waals surface area contributed by atoms with E-state index in [4.69, 9.17) is 4.74 Å². The van der Waals surface area contributed by atoms with E-state index in [0.29, 0.717) is 24.1 Å². The predicted octanol–water partition coefficient (Wildman–Crippen LogP) is 2.12. The number of carbonyl (C=O) groups excluding carboxylic acids is 2. The van der Waals surface area contributed by atoms with Crippen LogP contribution in [0.25, 0.3) is 0 Å². The van der Waals surface area contributed by atoms with Gasteiger partial charge in [-0.1, -0.05) is 6.07 Å². The molecule has 1 aliphatic heterocycles. The third-order valence-corrected chi connectivity index (χ3v) is 4.70. The van der Waals surface area contributed by atoms with Crippen molar-refractivity contribution in [3.8, 4) is 0 Å². The fraction of sp³-hybridized carbons (Fsp3) is 0.389. The topological polar surface area (TPSA) is 85.2 Å². The number of nitrogens with zero attached hydrogens (tertiary/aromatic N) is 2. The lowest BCUT2D eigenvalue weighted by Gasteiger charge is -2.36. The number of aromatic nitrogens is 2. The summed E-state index contributed by atoms with van der Waals surface area (Å²) in [5, 5.41) is 10.5. The van der Waals surface area contributed by atoms with Crippen LogP contribution < -0.4 is 10.6 Å². The van der Waals surface area contributed by atoms with E-state index >= 15 is 0 Å². The van der Waals surface area contributed by atoms with Gasteiger partial charge in [0.2, 0.25) is 0 Å². The molecule has 2 N–H and O–H groups in total. The van der Waals surface area contributed by atoms with Crippen molar-refractivity contribution < 1.29 is 14.3 Å². The number of nitrogens with one attached hydrogen (secondary N) is 2. The highest BCUT2D eigenvalue weighted by atomic mass is 35.5. The van der Waals surface area contributed by atoms with Crippen molar-refractivity contribution in [2.24, 2.45) is 0 Å². The first-order valence-corrected chi connectivity index (χ1v) is 8.28. The number of amides is 1. The quantitative estimate of drug-likeness (QED) is 0.796. The van der Waals surface area contributed by atoms with E-state index in [1.807, 2.05) is 19.2 Å². The van der Waals surface area contributed by atoms with E-state index in [-0.39, 0.29) is 18.3 Å². The van der Waals surface area contributed by atoms with Crippen molar-refractivity contribution in [2.45, 2.75) is 25.3 Å². The van der Waals surface area contributed by atoms with Gasteiger partial charge in [0.25, 0.3) is 5.91 Å². The van der Waals surface area contributed by atoms with E-state index in [1.165, 1.54) is 7.11 Å². The van der Waals surface area contributed by atoms with E-state index in [2.05, 4.69) is 15.7 Å². The van der Waals surface area contributed by atoms with Crippen LogP contribution in [0.5, 0.6) is 0 Å². The van der Waals surface area contributed by atoms with Gasteiger partial charge in [-0.15, -0.1) is 12.4 Å². The van der Waals surface area contributed by atoms with E-state index in [1.54, 1.807) is 29.1 Å². The monoisotopic (exact) mass is 378 g/mol. The Balaban J connectivity index is 0.00000243. The Hall–Kier alpha value is -2.38. The number of hydrogen-bond donors (Lipinski definition) is 2. The fourth-order valence-corrected chi connectivity index (χ4v) is 3.20. The average Bonchev–Trinajstić information content (AvgIpc) is 3.18. The SMILES string of the molecule is COC(=O)c1cc(NC(=O)C2(n3cccn3)CCNCC2)ccc1C.Cl. The Bertz CT molecular complexity index is 771. The van der Waals surface area contributed by atoms with Gasteiger partial charge in [-0.05, 0) is 56.6 Å². The van der Waals surface area contributed by atoms with E-state index in [9.17, 15) is 9.59 Å². The molecule has 8 heteroatoms.